The van der Waals surface area contributed by atoms with Crippen LogP contribution in [-0.2, 0) is 7.05 Å². The Kier molecular flexibility index (Phi) is 2.55. The molecule has 0 saturated heterocycles. The number of ether oxygens (including phenoxy) is 1. The van der Waals surface area contributed by atoms with Crippen molar-refractivity contribution in [2.24, 2.45) is 7.05 Å². The average molecular weight is 221 g/mol. The zero-order valence-electron chi connectivity index (χ0n) is 8.52. The number of methoxy groups -OCH3 is 1. The fourth-order valence-electron chi connectivity index (χ4n) is 1.28. The summed E-state index contributed by atoms with van der Waals surface area (Å²) in [5.74, 6) is 1.60. The Bertz CT molecular complexity index is 512. The van der Waals surface area contributed by atoms with Crippen LogP contribution in [0, 0.1) is 4.77 Å². The number of aromatic amines is 1. The molecular formula is C10H11N3OS. The van der Waals surface area contributed by atoms with Crippen molar-refractivity contribution in [2.45, 2.75) is 0 Å². The Morgan fingerprint density at radius 3 is 2.47 bits per heavy atom. The second-order valence-electron chi connectivity index (χ2n) is 3.14. The van der Waals surface area contributed by atoms with Crippen molar-refractivity contribution >= 4 is 12.2 Å². The van der Waals surface area contributed by atoms with E-state index in [1.165, 1.54) is 0 Å². The van der Waals surface area contributed by atoms with E-state index in [2.05, 4.69) is 10.1 Å². The molecule has 1 N–H and O–H groups in total. The summed E-state index contributed by atoms with van der Waals surface area (Å²) in [5, 5.41) is 3.06. The quantitative estimate of drug-likeness (QED) is 0.790. The first-order valence-corrected chi connectivity index (χ1v) is 4.89. The van der Waals surface area contributed by atoms with Gasteiger partial charge in [0.05, 0.1) is 7.11 Å². The van der Waals surface area contributed by atoms with Crippen LogP contribution in [0.25, 0.3) is 11.4 Å². The van der Waals surface area contributed by atoms with Crippen LogP contribution < -0.4 is 4.74 Å². The van der Waals surface area contributed by atoms with Crippen molar-refractivity contribution in [3.8, 4) is 17.1 Å². The number of nitrogens with zero attached hydrogens (tertiary/aromatic N) is 2. The van der Waals surface area contributed by atoms with Gasteiger partial charge < -0.3 is 4.74 Å². The van der Waals surface area contributed by atoms with Gasteiger partial charge in [0.15, 0.2) is 5.82 Å². The van der Waals surface area contributed by atoms with Gasteiger partial charge in [-0.1, -0.05) is 0 Å². The number of H-pyrrole nitrogens is 1. The van der Waals surface area contributed by atoms with E-state index in [0.717, 1.165) is 17.1 Å². The standard InChI is InChI=1S/C10H11N3OS/c1-13-10(15)11-9(12-13)7-3-5-8(14-2)6-4-7/h3-6H,1-2H3,(H,11,12,15). The third-order valence-corrected chi connectivity index (χ3v) is 2.50. The molecule has 0 unspecified atom stereocenters. The van der Waals surface area contributed by atoms with Crippen LogP contribution in [0.5, 0.6) is 5.75 Å². The maximum atomic E-state index is 5.08. The first-order valence-electron chi connectivity index (χ1n) is 4.48. The van der Waals surface area contributed by atoms with Gasteiger partial charge in [0.1, 0.15) is 5.75 Å². The van der Waals surface area contributed by atoms with Crippen molar-refractivity contribution in [2.75, 3.05) is 7.11 Å². The van der Waals surface area contributed by atoms with Crippen molar-refractivity contribution in [1.82, 2.24) is 14.8 Å². The highest BCUT2D eigenvalue weighted by atomic mass is 32.1. The molecule has 0 aliphatic rings. The van der Waals surface area contributed by atoms with Crippen molar-refractivity contribution < 1.29 is 4.74 Å². The number of aryl methyl sites for hydroxylation is 1. The topological polar surface area (TPSA) is 42.8 Å². The smallest absolute Gasteiger partial charge is 0.216 e. The summed E-state index contributed by atoms with van der Waals surface area (Å²) in [6.07, 6.45) is 0. The van der Waals surface area contributed by atoms with Gasteiger partial charge >= 0.3 is 0 Å². The summed E-state index contributed by atoms with van der Waals surface area (Å²) in [5.41, 5.74) is 0.988. The molecule has 2 rings (SSSR count). The molecule has 0 spiro atoms. The van der Waals surface area contributed by atoms with Gasteiger partial charge in [-0.15, -0.1) is 0 Å². The molecule has 15 heavy (non-hydrogen) atoms. The van der Waals surface area contributed by atoms with Crippen LogP contribution in [-0.4, -0.2) is 21.9 Å². The SMILES string of the molecule is COc1ccc(-c2nc(=S)n(C)[nH]2)cc1. The molecule has 0 bridgehead atoms. The Morgan fingerprint density at radius 2 is 2.00 bits per heavy atom. The summed E-state index contributed by atoms with van der Waals surface area (Å²) < 4.78 is 7.32. The molecule has 0 fully saturated rings. The fourth-order valence-corrected chi connectivity index (χ4v) is 1.42. The van der Waals surface area contributed by atoms with E-state index < -0.39 is 0 Å². The average Bonchev–Trinajstić information content (AvgIpc) is 2.59. The van der Waals surface area contributed by atoms with Gasteiger partial charge in [-0.25, -0.2) is 0 Å². The lowest BCUT2D eigenvalue weighted by molar-refractivity contribution is 0.415. The van der Waals surface area contributed by atoms with E-state index in [4.69, 9.17) is 17.0 Å². The molecule has 4 nitrogen and oxygen atoms in total. The molecule has 0 aliphatic carbocycles. The molecule has 0 atom stereocenters. The number of hydrogen-bond donors (Lipinski definition) is 1. The lowest BCUT2D eigenvalue weighted by Crippen LogP contribution is -1.89. The third-order valence-electron chi connectivity index (χ3n) is 2.13. The van der Waals surface area contributed by atoms with E-state index in [0.29, 0.717) is 4.77 Å². The number of aromatic nitrogens is 3. The Morgan fingerprint density at radius 1 is 1.33 bits per heavy atom. The van der Waals surface area contributed by atoms with Crippen molar-refractivity contribution in [3.05, 3.63) is 29.0 Å². The summed E-state index contributed by atoms with van der Waals surface area (Å²) in [6.45, 7) is 0. The monoisotopic (exact) mass is 221 g/mol. The summed E-state index contributed by atoms with van der Waals surface area (Å²) >= 11 is 5.02. The van der Waals surface area contributed by atoms with Gasteiger partial charge in [-0.2, -0.15) is 4.98 Å². The van der Waals surface area contributed by atoms with Crippen LogP contribution in [0.15, 0.2) is 24.3 Å². The normalized spacial score (nSPS) is 10.3. The molecule has 0 radical (unpaired) electrons. The number of hydrogen-bond acceptors (Lipinski definition) is 3. The second-order valence-corrected chi connectivity index (χ2v) is 3.51. The van der Waals surface area contributed by atoms with Gasteiger partial charge in [0.2, 0.25) is 4.77 Å². The molecule has 2 aromatic rings. The molecule has 0 aliphatic heterocycles. The number of benzene rings is 1. The minimum atomic E-state index is 0.542. The van der Waals surface area contributed by atoms with E-state index in [-0.39, 0.29) is 0 Å². The molecule has 0 amide bonds. The maximum absolute atomic E-state index is 5.08. The van der Waals surface area contributed by atoms with Crippen LogP contribution in [0.2, 0.25) is 0 Å². The van der Waals surface area contributed by atoms with E-state index in [1.807, 2.05) is 31.3 Å². The molecule has 1 aromatic carbocycles. The Hall–Kier alpha value is -1.62. The summed E-state index contributed by atoms with van der Waals surface area (Å²) in [6, 6.07) is 7.65. The predicted molar refractivity (Wildman–Crippen MR) is 60.4 cm³/mol. The largest absolute Gasteiger partial charge is 0.497 e. The predicted octanol–water partition coefficient (Wildman–Crippen LogP) is 2.15. The van der Waals surface area contributed by atoms with Gasteiger partial charge in [-0.3, -0.25) is 9.78 Å². The maximum Gasteiger partial charge on any atom is 0.216 e. The fraction of sp³-hybridized carbons (Fsp3) is 0.200. The van der Waals surface area contributed by atoms with Crippen LogP contribution >= 0.6 is 12.2 Å². The number of nitrogens with one attached hydrogen (secondary N) is 1. The van der Waals surface area contributed by atoms with Gasteiger partial charge in [0, 0.05) is 12.6 Å². The molecule has 1 heterocycles. The molecule has 0 saturated carbocycles. The van der Waals surface area contributed by atoms with Crippen LogP contribution in [0.4, 0.5) is 0 Å². The van der Waals surface area contributed by atoms with Gasteiger partial charge in [-0.05, 0) is 36.5 Å². The zero-order valence-corrected chi connectivity index (χ0v) is 9.34. The highest BCUT2D eigenvalue weighted by molar-refractivity contribution is 7.71. The van der Waals surface area contributed by atoms with E-state index >= 15 is 0 Å². The van der Waals surface area contributed by atoms with Crippen LogP contribution in [0.3, 0.4) is 0 Å². The zero-order chi connectivity index (χ0) is 10.8. The Balaban J connectivity index is 2.41. The second kappa shape index (κ2) is 3.86. The molecule has 78 valence electrons. The lowest BCUT2D eigenvalue weighted by Gasteiger charge is -2.00. The lowest BCUT2D eigenvalue weighted by atomic mass is 10.2. The van der Waals surface area contributed by atoms with Crippen molar-refractivity contribution in [3.63, 3.8) is 0 Å². The molecular weight excluding hydrogens is 210 g/mol. The number of rotatable bonds is 2. The minimum Gasteiger partial charge on any atom is -0.497 e. The molecule has 1 aromatic heterocycles. The van der Waals surface area contributed by atoms with Crippen LogP contribution in [0.1, 0.15) is 0 Å². The highest BCUT2D eigenvalue weighted by Crippen LogP contribution is 2.18. The minimum absolute atomic E-state index is 0.542. The van der Waals surface area contributed by atoms with E-state index in [9.17, 15) is 0 Å². The highest BCUT2D eigenvalue weighted by Gasteiger charge is 2.02. The van der Waals surface area contributed by atoms with Gasteiger partial charge in [0.25, 0.3) is 0 Å². The third kappa shape index (κ3) is 1.92. The first-order chi connectivity index (χ1) is 7.20. The van der Waals surface area contributed by atoms with Crippen molar-refractivity contribution in [1.29, 1.82) is 0 Å². The summed E-state index contributed by atoms with van der Waals surface area (Å²) in [4.78, 5) is 4.22. The van der Waals surface area contributed by atoms with E-state index in [1.54, 1.807) is 11.8 Å². The molecule has 5 heteroatoms. The summed E-state index contributed by atoms with van der Waals surface area (Å²) in [7, 11) is 3.48. The first kappa shape index (κ1) is 9.92. The Labute approximate surface area is 92.5 Å².